The normalized spacial score (nSPS) is 13.4. The van der Waals surface area contributed by atoms with Crippen LogP contribution in [0, 0.1) is 13.8 Å². The van der Waals surface area contributed by atoms with Gasteiger partial charge < -0.3 is 10.6 Å². The lowest BCUT2D eigenvalue weighted by atomic mass is 10.1. The number of aryl methyl sites for hydroxylation is 1. The smallest absolute Gasteiger partial charge is 0.278 e. The minimum absolute atomic E-state index is 0.0346. The zero-order valence-corrected chi connectivity index (χ0v) is 19.6. The van der Waals surface area contributed by atoms with E-state index in [0.717, 1.165) is 27.3 Å². The van der Waals surface area contributed by atoms with E-state index in [2.05, 4.69) is 10.6 Å². The van der Waals surface area contributed by atoms with Gasteiger partial charge in [-0.1, -0.05) is 54.1 Å². The minimum Gasteiger partial charge on any atom is -0.350 e. The van der Waals surface area contributed by atoms with Crippen molar-refractivity contribution >= 4 is 40.7 Å². The van der Waals surface area contributed by atoms with Crippen molar-refractivity contribution in [2.75, 3.05) is 17.2 Å². The molecule has 6 nitrogen and oxygen atoms in total. The Labute approximate surface area is 203 Å². The number of anilines is 2. The number of carbonyl (C=O) groups excluding carboxylic acids is 3. The lowest BCUT2D eigenvalue weighted by molar-refractivity contribution is -0.137. The van der Waals surface area contributed by atoms with Crippen LogP contribution in [0.3, 0.4) is 0 Å². The van der Waals surface area contributed by atoms with E-state index < -0.39 is 11.8 Å². The SMILES string of the molecule is Cc1cccc(NC(=O)c2ccc(NC3=C(Cl)C(=O)N(CCc4ccccc4)C3=O)cc2)c1C. The molecule has 0 aliphatic carbocycles. The Morgan fingerprint density at radius 1 is 0.882 bits per heavy atom. The Morgan fingerprint density at radius 2 is 1.59 bits per heavy atom. The molecule has 3 amide bonds. The predicted octanol–water partition coefficient (Wildman–Crippen LogP) is 5.03. The van der Waals surface area contributed by atoms with Crippen LogP contribution >= 0.6 is 11.6 Å². The summed E-state index contributed by atoms with van der Waals surface area (Å²) in [5.74, 6) is -1.23. The number of imide groups is 1. The Bertz CT molecular complexity index is 1280. The summed E-state index contributed by atoms with van der Waals surface area (Å²) < 4.78 is 0. The van der Waals surface area contributed by atoms with Crippen LogP contribution in [0.1, 0.15) is 27.0 Å². The van der Waals surface area contributed by atoms with E-state index in [1.807, 2.05) is 62.4 Å². The molecule has 4 rings (SSSR count). The standard InChI is InChI=1S/C27H24ClN3O3/c1-17-7-6-10-22(18(17)2)30-25(32)20-11-13-21(14-12-20)29-24-23(28)26(33)31(27(24)34)16-15-19-8-4-3-5-9-19/h3-14,29H,15-16H2,1-2H3,(H,30,32). The molecule has 0 atom stereocenters. The van der Waals surface area contributed by atoms with Crippen molar-refractivity contribution < 1.29 is 14.4 Å². The maximum absolute atomic E-state index is 12.8. The summed E-state index contributed by atoms with van der Waals surface area (Å²) in [6.07, 6.45) is 0.542. The first-order valence-corrected chi connectivity index (χ1v) is 11.3. The molecule has 0 aromatic heterocycles. The molecule has 0 saturated heterocycles. The molecule has 0 spiro atoms. The minimum atomic E-state index is -0.519. The second kappa shape index (κ2) is 9.93. The highest BCUT2D eigenvalue weighted by Crippen LogP contribution is 2.26. The highest BCUT2D eigenvalue weighted by molar-refractivity contribution is 6.48. The van der Waals surface area contributed by atoms with Gasteiger partial charge in [-0.25, -0.2) is 0 Å². The van der Waals surface area contributed by atoms with E-state index in [1.165, 1.54) is 0 Å². The van der Waals surface area contributed by atoms with Gasteiger partial charge in [0.2, 0.25) is 0 Å². The molecular formula is C27H24ClN3O3. The summed E-state index contributed by atoms with van der Waals surface area (Å²) in [6.45, 7) is 4.18. The topological polar surface area (TPSA) is 78.5 Å². The molecule has 7 heteroatoms. The second-order valence-corrected chi connectivity index (χ2v) is 8.47. The molecule has 0 bridgehead atoms. The number of carbonyl (C=O) groups is 3. The van der Waals surface area contributed by atoms with Gasteiger partial charge in [-0.05, 0) is 67.3 Å². The number of hydrogen-bond donors (Lipinski definition) is 2. The third kappa shape index (κ3) is 4.87. The van der Waals surface area contributed by atoms with E-state index in [-0.39, 0.29) is 23.2 Å². The number of nitrogens with one attached hydrogen (secondary N) is 2. The highest BCUT2D eigenvalue weighted by Gasteiger charge is 2.37. The fraction of sp³-hybridized carbons (Fsp3) is 0.148. The largest absolute Gasteiger partial charge is 0.350 e. The number of hydrogen-bond acceptors (Lipinski definition) is 4. The maximum atomic E-state index is 12.8. The van der Waals surface area contributed by atoms with Gasteiger partial charge in [0, 0.05) is 23.5 Å². The summed E-state index contributed by atoms with van der Waals surface area (Å²) >= 11 is 6.19. The van der Waals surface area contributed by atoms with Crippen molar-refractivity contribution in [2.24, 2.45) is 0 Å². The van der Waals surface area contributed by atoms with Crippen LogP contribution < -0.4 is 10.6 Å². The van der Waals surface area contributed by atoms with Crippen LogP contribution in [-0.2, 0) is 16.0 Å². The van der Waals surface area contributed by atoms with Crippen LogP contribution in [0.15, 0.2) is 83.5 Å². The van der Waals surface area contributed by atoms with E-state index in [9.17, 15) is 14.4 Å². The highest BCUT2D eigenvalue weighted by atomic mass is 35.5. The van der Waals surface area contributed by atoms with Gasteiger partial charge in [0.05, 0.1) is 0 Å². The third-order valence-corrected chi connectivity index (χ3v) is 6.20. The summed E-state index contributed by atoms with van der Waals surface area (Å²) in [5, 5.41) is 5.71. The fourth-order valence-electron chi connectivity index (χ4n) is 3.67. The fourth-order valence-corrected chi connectivity index (χ4v) is 3.90. The predicted molar refractivity (Wildman–Crippen MR) is 134 cm³/mol. The summed E-state index contributed by atoms with van der Waals surface area (Å²) in [7, 11) is 0. The third-order valence-electron chi connectivity index (χ3n) is 5.85. The van der Waals surface area contributed by atoms with E-state index in [4.69, 9.17) is 11.6 Å². The molecule has 1 aliphatic heterocycles. The molecule has 0 unspecified atom stereocenters. The number of halogens is 1. The average molecular weight is 474 g/mol. The first kappa shape index (κ1) is 23.3. The molecule has 1 heterocycles. The van der Waals surface area contributed by atoms with Gasteiger partial charge in [-0.15, -0.1) is 0 Å². The molecule has 172 valence electrons. The molecule has 3 aromatic rings. The number of amides is 3. The van der Waals surface area contributed by atoms with Crippen LogP contribution in [0.5, 0.6) is 0 Å². The van der Waals surface area contributed by atoms with E-state index in [0.29, 0.717) is 17.7 Å². The van der Waals surface area contributed by atoms with Gasteiger partial charge in [0.25, 0.3) is 17.7 Å². The van der Waals surface area contributed by atoms with Gasteiger partial charge in [0.1, 0.15) is 10.7 Å². The van der Waals surface area contributed by atoms with Crippen LogP contribution in [-0.4, -0.2) is 29.2 Å². The van der Waals surface area contributed by atoms with Crippen molar-refractivity contribution in [1.82, 2.24) is 4.90 Å². The van der Waals surface area contributed by atoms with Crippen LogP contribution in [0.2, 0.25) is 0 Å². The monoisotopic (exact) mass is 473 g/mol. The van der Waals surface area contributed by atoms with Crippen LogP contribution in [0.4, 0.5) is 11.4 Å². The lowest BCUT2D eigenvalue weighted by Crippen LogP contribution is -2.34. The number of nitrogens with zero attached hydrogens (tertiary/aromatic N) is 1. The molecule has 0 fully saturated rings. The van der Waals surface area contributed by atoms with E-state index >= 15 is 0 Å². The molecule has 0 radical (unpaired) electrons. The summed E-state index contributed by atoms with van der Waals surface area (Å²) in [5.41, 5.74) is 4.93. The maximum Gasteiger partial charge on any atom is 0.278 e. The first-order valence-electron chi connectivity index (χ1n) is 10.9. The Balaban J connectivity index is 1.41. The van der Waals surface area contributed by atoms with Crippen molar-refractivity contribution in [3.8, 4) is 0 Å². The first-order chi connectivity index (χ1) is 16.3. The quantitative estimate of drug-likeness (QED) is 0.472. The molecule has 3 aromatic carbocycles. The average Bonchev–Trinajstić information content (AvgIpc) is 3.04. The molecule has 1 aliphatic rings. The molecule has 34 heavy (non-hydrogen) atoms. The Morgan fingerprint density at radius 3 is 2.29 bits per heavy atom. The molecular weight excluding hydrogens is 450 g/mol. The van der Waals surface area contributed by atoms with Crippen molar-refractivity contribution in [3.05, 3.63) is 106 Å². The Kier molecular flexibility index (Phi) is 6.80. The van der Waals surface area contributed by atoms with Gasteiger partial charge in [-0.3, -0.25) is 19.3 Å². The van der Waals surface area contributed by atoms with Gasteiger partial charge in [-0.2, -0.15) is 0 Å². The number of benzene rings is 3. The second-order valence-electron chi connectivity index (χ2n) is 8.09. The zero-order chi connectivity index (χ0) is 24.2. The van der Waals surface area contributed by atoms with Gasteiger partial charge >= 0.3 is 0 Å². The zero-order valence-electron chi connectivity index (χ0n) is 18.9. The summed E-state index contributed by atoms with van der Waals surface area (Å²) in [4.78, 5) is 39.1. The molecule has 0 saturated carbocycles. The Hall–Kier alpha value is -3.90. The van der Waals surface area contributed by atoms with Gasteiger partial charge in [0.15, 0.2) is 0 Å². The van der Waals surface area contributed by atoms with Crippen molar-refractivity contribution in [2.45, 2.75) is 20.3 Å². The van der Waals surface area contributed by atoms with E-state index in [1.54, 1.807) is 24.3 Å². The molecule has 2 N–H and O–H groups in total. The van der Waals surface area contributed by atoms with Crippen molar-refractivity contribution in [3.63, 3.8) is 0 Å². The summed E-state index contributed by atoms with van der Waals surface area (Å²) in [6, 6.07) is 22.0. The number of rotatable bonds is 7. The lowest BCUT2D eigenvalue weighted by Gasteiger charge is -2.15. The van der Waals surface area contributed by atoms with Crippen molar-refractivity contribution in [1.29, 1.82) is 0 Å². The van der Waals surface area contributed by atoms with Crippen LogP contribution in [0.25, 0.3) is 0 Å².